The molecule has 2 aromatic heterocycles. The van der Waals surface area contributed by atoms with Crippen LogP contribution >= 0.6 is 0 Å². The van der Waals surface area contributed by atoms with Gasteiger partial charge in [-0.25, -0.2) is 15.0 Å². The number of hydrogen-bond donors (Lipinski definition) is 2. The number of nitrogens with zero attached hydrogens (tertiary/aromatic N) is 5. The Hall–Kier alpha value is -3.53. The second kappa shape index (κ2) is 6.49. The van der Waals surface area contributed by atoms with Crippen LogP contribution in [-0.4, -0.2) is 19.9 Å². The minimum Gasteiger partial charge on any atom is -0.339 e. The van der Waals surface area contributed by atoms with Crippen LogP contribution in [0.5, 0.6) is 0 Å². The number of benzene rings is 1. The number of para-hydroxylation sites is 1. The van der Waals surface area contributed by atoms with Gasteiger partial charge in [0, 0.05) is 12.3 Å². The highest BCUT2D eigenvalue weighted by molar-refractivity contribution is 5.66. The number of rotatable bonds is 4. The van der Waals surface area contributed by atoms with Crippen molar-refractivity contribution in [2.45, 2.75) is 6.92 Å². The number of hydrogen-bond acceptors (Lipinski definition) is 7. The molecule has 0 aliphatic carbocycles. The summed E-state index contributed by atoms with van der Waals surface area (Å²) in [4.78, 5) is 16.7. The van der Waals surface area contributed by atoms with E-state index in [0.29, 0.717) is 28.7 Å². The van der Waals surface area contributed by atoms with Crippen LogP contribution in [0.3, 0.4) is 0 Å². The zero-order valence-electron chi connectivity index (χ0n) is 12.4. The lowest BCUT2D eigenvalue weighted by Gasteiger charge is -2.09. The van der Waals surface area contributed by atoms with Crippen LogP contribution < -0.4 is 10.6 Å². The van der Waals surface area contributed by atoms with Gasteiger partial charge in [0.05, 0.1) is 23.1 Å². The molecule has 3 rings (SSSR count). The van der Waals surface area contributed by atoms with E-state index < -0.39 is 0 Å². The third-order valence-corrected chi connectivity index (χ3v) is 2.99. The molecule has 1 aromatic carbocycles. The van der Waals surface area contributed by atoms with Crippen LogP contribution in [0.15, 0.2) is 49.1 Å². The quantitative estimate of drug-likeness (QED) is 0.764. The largest absolute Gasteiger partial charge is 0.339 e. The molecule has 0 atom stereocenters. The van der Waals surface area contributed by atoms with E-state index in [0.717, 1.165) is 5.69 Å². The van der Waals surface area contributed by atoms with Crippen LogP contribution in [0, 0.1) is 18.3 Å². The van der Waals surface area contributed by atoms with Gasteiger partial charge in [0.2, 0.25) is 0 Å². The van der Waals surface area contributed by atoms with Gasteiger partial charge in [-0.3, -0.25) is 4.98 Å². The zero-order valence-corrected chi connectivity index (χ0v) is 12.4. The second-order valence-electron chi connectivity index (χ2n) is 4.74. The molecule has 3 aromatic rings. The molecule has 0 aliphatic rings. The molecule has 0 saturated carbocycles. The molecule has 0 fully saturated rings. The first-order valence-corrected chi connectivity index (χ1v) is 6.88. The number of aromatic nitrogens is 4. The SMILES string of the molecule is Cc1cncc(Nc2cc(Nc3ccccc3C#N)ncn2)n1. The van der Waals surface area contributed by atoms with Gasteiger partial charge in [0.15, 0.2) is 0 Å². The van der Waals surface area contributed by atoms with E-state index in [2.05, 4.69) is 36.6 Å². The molecule has 0 radical (unpaired) electrons. The number of nitrogens with one attached hydrogen (secondary N) is 2. The van der Waals surface area contributed by atoms with E-state index in [4.69, 9.17) is 5.26 Å². The topological polar surface area (TPSA) is 99.4 Å². The number of anilines is 4. The van der Waals surface area contributed by atoms with Gasteiger partial charge >= 0.3 is 0 Å². The van der Waals surface area contributed by atoms with Crippen molar-refractivity contribution in [3.8, 4) is 6.07 Å². The fourth-order valence-corrected chi connectivity index (χ4v) is 1.98. The van der Waals surface area contributed by atoms with Crippen molar-refractivity contribution in [1.29, 1.82) is 5.26 Å². The minimum atomic E-state index is 0.546. The molecule has 0 unspecified atom stereocenters. The predicted molar refractivity (Wildman–Crippen MR) is 86.5 cm³/mol. The van der Waals surface area contributed by atoms with Gasteiger partial charge in [0.25, 0.3) is 0 Å². The first-order chi connectivity index (χ1) is 11.2. The Morgan fingerprint density at radius 3 is 2.57 bits per heavy atom. The summed E-state index contributed by atoms with van der Waals surface area (Å²) in [6.07, 6.45) is 4.73. The van der Waals surface area contributed by atoms with Crippen molar-refractivity contribution in [3.63, 3.8) is 0 Å². The van der Waals surface area contributed by atoms with Crippen LogP contribution in [0.25, 0.3) is 0 Å². The van der Waals surface area contributed by atoms with E-state index >= 15 is 0 Å². The summed E-state index contributed by atoms with van der Waals surface area (Å²) in [6, 6.07) is 11.1. The van der Waals surface area contributed by atoms with Crippen molar-refractivity contribution in [2.75, 3.05) is 10.6 Å². The van der Waals surface area contributed by atoms with Crippen molar-refractivity contribution >= 4 is 23.1 Å². The van der Waals surface area contributed by atoms with Gasteiger partial charge in [-0.05, 0) is 19.1 Å². The fourth-order valence-electron chi connectivity index (χ4n) is 1.98. The molecule has 23 heavy (non-hydrogen) atoms. The Kier molecular flexibility index (Phi) is 4.07. The standard InChI is InChI=1S/C16H13N7/c1-11-8-18-9-16(21-11)23-15-6-14(19-10-20-15)22-13-5-3-2-4-12(13)7-17/h2-6,8-10H,1H3,(H2,19,20,21,22,23). The minimum absolute atomic E-state index is 0.546. The Labute approximate surface area is 133 Å². The summed E-state index contributed by atoms with van der Waals surface area (Å²) in [5.41, 5.74) is 2.05. The Morgan fingerprint density at radius 2 is 1.78 bits per heavy atom. The molecule has 2 heterocycles. The van der Waals surface area contributed by atoms with Gasteiger partial charge in [-0.2, -0.15) is 5.26 Å². The number of aryl methyl sites for hydroxylation is 1. The summed E-state index contributed by atoms with van der Waals surface area (Å²) in [5.74, 6) is 1.76. The summed E-state index contributed by atoms with van der Waals surface area (Å²) < 4.78 is 0. The molecule has 0 saturated heterocycles. The van der Waals surface area contributed by atoms with E-state index in [1.54, 1.807) is 24.5 Å². The maximum absolute atomic E-state index is 9.12. The third kappa shape index (κ3) is 3.57. The maximum Gasteiger partial charge on any atom is 0.150 e. The molecule has 2 N–H and O–H groups in total. The van der Waals surface area contributed by atoms with E-state index in [-0.39, 0.29) is 0 Å². The fraction of sp³-hybridized carbons (Fsp3) is 0.0625. The van der Waals surface area contributed by atoms with Crippen molar-refractivity contribution < 1.29 is 0 Å². The van der Waals surface area contributed by atoms with Crippen LogP contribution in [0.1, 0.15) is 11.3 Å². The summed E-state index contributed by atoms with van der Waals surface area (Å²) in [7, 11) is 0. The van der Waals surface area contributed by atoms with E-state index in [1.807, 2.05) is 25.1 Å². The highest BCUT2D eigenvalue weighted by Gasteiger charge is 2.04. The molecule has 0 amide bonds. The average molecular weight is 303 g/mol. The zero-order chi connectivity index (χ0) is 16.1. The van der Waals surface area contributed by atoms with Gasteiger partial charge < -0.3 is 10.6 Å². The van der Waals surface area contributed by atoms with Gasteiger partial charge in [-0.15, -0.1) is 0 Å². The highest BCUT2D eigenvalue weighted by atomic mass is 15.1. The third-order valence-electron chi connectivity index (χ3n) is 2.99. The molecular weight excluding hydrogens is 290 g/mol. The monoisotopic (exact) mass is 303 g/mol. The van der Waals surface area contributed by atoms with Gasteiger partial charge in [-0.1, -0.05) is 12.1 Å². The van der Waals surface area contributed by atoms with Gasteiger partial charge in [0.1, 0.15) is 29.9 Å². The molecule has 0 aliphatic heterocycles. The Bertz CT molecular complexity index is 870. The predicted octanol–water partition coefficient (Wildman–Crippen LogP) is 2.93. The molecular formula is C16H13N7. The Morgan fingerprint density at radius 1 is 1.00 bits per heavy atom. The van der Waals surface area contributed by atoms with E-state index in [9.17, 15) is 0 Å². The summed E-state index contributed by atoms with van der Waals surface area (Å²) >= 11 is 0. The Balaban J connectivity index is 1.81. The lowest BCUT2D eigenvalue weighted by molar-refractivity contribution is 1.10. The first kappa shape index (κ1) is 14.4. The lowest BCUT2D eigenvalue weighted by atomic mass is 10.2. The second-order valence-corrected chi connectivity index (χ2v) is 4.74. The molecule has 7 heteroatoms. The van der Waals surface area contributed by atoms with Crippen LogP contribution in [0.4, 0.5) is 23.1 Å². The maximum atomic E-state index is 9.12. The first-order valence-electron chi connectivity index (χ1n) is 6.88. The molecule has 0 spiro atoms. The number of nitriles is 1. The smallest absolute Gasteiger partial charge is 0.150 e. The summed E-state index contributed by atoms with van der Waals surface area (Å²) in [6.45, 7) is 1.87. The highest BCUT2D eigenvalue weighted by Crippen LogP contribution is 2.20. The molecule has 112 valence electrons. The van der Waals surface area contributed by atoms with Crippen molar-refractivity contribution in [2.24, 2.45) is 0 Å². The van der Waals surface area contributed by atoms with Crippen molar-refractivity contribution in [3.05, 3.63) is 60.3 Å². The van der Waals surface area contributed by atoms with Crippen LogP contribution in [-0.2, 0) is 0 Å². The summed E-state index contributed by atoms with van der Waals surface area (Å²) in [5, 5.41) is 15.3. The van der Waals surface area contributed by atoms with Crippen molar-refractivity contribution in [1.82, 2.24) is 19.9 Å². The molecule has 7 nitrogen and oxygen atoms in total. The lowest BCUT2D eigenvalue weighted by Crippen LogP contribution is -2.01. The average Bonchev–Trinajstić information content (AvgIpc) is 2.56. The normalized spacial score (nSPS) is 9.91. The van der Waals surface area contributed by atoms with Crippen LogP contribution in [0.2, 0.25) is 0 Å². The molecule has 0 bridgehead atoms. The van der Waals surface area contributed by atoms with E-state index in [1.165, 1.54) is 6.33 Å².